The van der Waals surface area contributed by atoms with Gasteiger partial charge in [0, 0.05) is 24.5 Å². The lowest BCUT2D eigenvalue weighted by atomic mass is 10.2. The number of aromatic nitrogens is 5. The topological polar surface area (TPSA) is 92.8 Å². The molecule has 0 spiro atoms. The maximum absolute atomic E-state index is 13.1. The van der Waals surface area contributed by atoms with Gasteiger partial charge in [-0.3, -0.25) is 9.36 Å². The highest BCUT2D eigenvalue weighted by Gasteiger charge is 2.16. The standard InChI is InChI=1S/C18H17N5O4/c1-10-20-18-19-9-12-13(23(18)21-10)5-6-22(17(12)24)11-7-14(25-2)16(27-4)15(8-11)26-3/h5-9H,1-4H3. The van der Waals surface area contributed by atoms with Crippen molar-refractivity contribution in [2.45, 2.75) is 6.92 Å². The first-order valence-corrected chi connectivity index (χ1v) is 8.11. The summed E-state index contributed by atoms with van der Waals surface area (Å²) < 4.78 is 19.1. The van der Waals surface area contributed by atoms with Crippen LogP contribution >= 0.6 is 0 Å². The molecule has 0 bridgehead atoms. The number of hydrogen-bond donors (Lipinski definition) is 0. The summed E-state index contributed by atoms with van der Waals surface area (Å²) in [7, 11) is 4.58. The van der Waals surface area contributed by atoms with Gasteiger partial charge in [0.05, 0.1) is 37.9 Å². The lowest BCUT2D eigenvalue weighted by Gasteiger charge is -2.15. The van der Waals surface area contributed by atoms with Gasteiger partial charge in [-0.05, 0) is 13.0 Å². The highest BCUT2D eigenvalue weighted by molar-refractivity contribution is 5.79. The van der Waals surface area contributed by atoms with Crippen molar-refractivity contribution >= 4 is 16.7 Å². The summed E-state index contributed by atoms with van der Waals surface area (Å²) in [6.45, 7) is 1.78. The van der Waals surface area contributed by atoms with Crippen LogP contribution in [0.4, 0.5) is 0 Å². The second kappa shape index (κ2) is 6.27. The van der Waals surface area contributed by atoms with Gasteiger partial charge in [-0.2, -0.15) is 9.50 Å². The van der Waals surface area contributed by atoms with E-state index >= 15 is 0 Å². The van der Waals surface area contributed by atoms with Crippen LogP contribution in [0, 0.1) is 6.92 Å². The Bertz CT molecular complexity index is 1200. The molecule has 0 N–H and O–H groups in total. The molecule has 0 fully saturated rings. The SMILES string of the molecule is COc1cc(-n2ccc3c(cnc4nc(C)nn43)c2=O)cc(OC)c1OC. The van der Waals surface area contributed by atoms with Gasteiger partial charge in [0.15, 0.2) is 11.5 Å². The van der Waals surface area contributed by atoms with E-state index in [-0.39, 0.29) is 5.56 Å². The first-order valence-electron chi connectivity index (χ1n) is 8.11. The van der Waals surface area contributed by atoms with Crippen molar-refractivity contribution in [1.82, 2.24) is 24.1 Å². The minimum Gasteiger partial charge on any atom is -0.493 e. The zero-order valence-corrected chi connectivity index (χ0v) is 15.3. The third kappa shape index (κ3) is 2.55. The first-order chi connectivity index (χ1) is 13.1. The zero-order chi connectivity index (χ0) is 19.1. The Hall–Kier alpha value is -3.62. The van der Waals surface area contributed by atoms with E-state index in [0.717, 1.165) is 0 Å². The van der Waals surface area contributed by atoms with E-state index in [1.165, 1.54) is 32.1 Å². The van der Waals surface area contributed by atoms with E-state index in [0.29, 0.717) is 45.4 Å². The van der Waals surface area contributed by atoms with Crippen molar-refractivity contribution in [3.63, 3.8) is 0 Å². The molecule has 27 heavy (non-hydrogen) atoms. The minimum absolute atomic E-state index is 0.246. The summed E-state index contributed by atoms with van der Waals surface area (Å²) in [6, 6.07) is 5.21. The third-order valence-electron chi connectivity index (χ3n) is 4.27. The van der Waals surface area contributed by atoms with Crippen LogP contribution in [-0.4, -0.2) is 45.5 Å². The summed E-state index contributed by atoms with van der Waals surface area (Å²) >= 11 is 0. The average molecular weight is 367 g/mol. The Labute approximate surface area is 153 Å². The predicted molar refractivity (Wildman–Crippen MR) is 98.3 cm³/mol. The molecule has 0 aliphatic carbocycles. The Morgan fingerprint density at radius 1 is 1.04 bits per heavy atom. The van der Waals surface area contributed by atoms with E-state index in [4.69, 9.17) is 14.2 Å². The van der Waals surface area contributed by atoms with Gasteiger partial charge < -0.3 is 14.2 Å². The van der Waals surface area contributed by atoms with Crippen molar-refractivity contribution in [2.24, 2.45) is 0 Å². The molecule has 3 aromatic heterocycles. The summed E-state index contributed by atoms with van der Waals surface area (Å²) in [5.74, 6) is 2.41. The van der Waals surface area contributed by atoms with Crippen LogP contribution in [0.5, 0.6) is 17.2 Å². The third-order valence-corrected chi connectivity index (χ3v) is 4.27. The van der Waals surface area contributed by atoms with E-state index in [9.17, 15) is 4.79 Å². The zero-order valence-electron chi connectivity index (χ0n) is 15.3. The number of hydrogen-bond acceptors (Lipinski definition) is 7. The number of aryl methyl sites for hydroxylation is 1. The van der Waals surface area contributed by atoms with Crippen LogP contribution in [-0.2, 0) is 0 Å². The maximum atomic E-state index is 13.1. The molecule has 9 nitrogen and oxygen atoms in total. The number of methoxy groups -OCH3 is 3. The van der Waals surface area contributed by atoms with E-state index in [1.807, 2.05) is 0 Å². The molecule has 1 aromatic carbocycles. The van der Waals surface area contributed by atoms with Crippen molar-refractivity contribution < 1.29 is 14.2 Å². The molecule has 0 saturated carbocycles. The lowest BCUT2D eigenvalue weighted by Crippen LogP contribution is -2.19. The second-order valence-electron chi connectivity index (χ2n) is 5.80. The molecular weight excluding hydrogens is 350 g/mol. The van der Waals surface area contributed by atoms with Crippen molar-refractivity contribution in [3.05, 3.63) is 46.8 Å². The van der Waals surface area contributed by atoms with Gasteiger partial charge in [-0.25, -0.2) is 4.98 Å². The lowest BCUT2D eigenvalue weighted by molar-refractivity contribution is 0.324. The molecular formula is C18H17N5O4. The van der Waals surface area contributed by atoms with Gasteiger partial charge in [-0.1, -0.05) is 0 Å². The average Bonchev–Trinajstić information content (AvgIpc) is 3.07. The van der Waals surface area contributed by atoms with E-state index < -0.39 is 0 Å². The number of benzene rings is 1. The molecule has 3 heterocycles. The Morgan fingerprint density at radius 2 is 1.74 bits per heavy atom. The van der Waals surface area contributed by atoms with Crippen molar-refractivity contribution in [2.75, 3.05) is 21.3 Å². The quantitative estimate of drug-likeness (QED) is 0.543. The van der Waals surface area contributed by atoms with Crippen molar-refractivity contribution in [3.8, 4) is 22.9 Å². The highest BCUT2D eigenvalue weighted by Crippen LogP contribution is 2.39. The van der Waals surface area contributed by atoms with Gasteiger partial charge >= 0.3 is 0 Å². The number of rotatable bonds is 4. The van der Waals surface area contributed by atoms with Crippen LogP contribution in [0.25, 0.3) is 22.4 Å². The number of nitrogens with zero attached hydrogens (tertiary/aromatic N) is 5. The smallest absolute Gasteiger partial charge is 0.266 e. The van der Waals surface area contributed by atoms with Crippen LogP contribution < -0.4 is 19.8 Å². The van der Waals surface area contributed by atoms with Gasteiger partial charge in [0.25, 0.3) is 11.3 Å². The monoisotopic (exact) mass is 367 g/mol. The van der Waals surface area contributed by atoms with Crippen LogP contribution in [0.3, 0.4) is 0 Å². The maximum Gasteiger partial charge on any atom is 0.266 e. The van der Waals surface area contributed by atoms with Crippen LogP contribution in [0.2, 0.25) is 0 Å². The number of ether oxygens (including phenoxy) is 3. The number of pyridine rings is 1. The predicted octanol–water partition coefficient (Wildman–Crippen LogP) is 1.76. The fourth-order valence-electron chi connectivity index (χ4n) is 3.03. The van der Waals surface area contributed by atoms with Gasteiger partial charge in [-0.15, -0.1) is 5.10 Å². The van der Waals surface area contributed by atoms with E-state index in [1.54, 1.807) is 35.8 Å². The highest BCUT2D eigenvalue weighted by atomic mass is 16.5. The first kappa shape index (κ1) is 16.8. The molecule has 4 aromatic rings. The van der Waals surface area contributed by atoms with Gasteiger partial charge in [0.2, 0.25) is 5.75 Å². The largest absolute Gasteiger partial charge is 0.493 e. The molecule has 0 radical (unpaired) electrons. The number of fused-ring (bicyclic) bond motifs is 3. The van der Waals surface area contributed by atoms with Gasteiger partial charge in [0.1, 0.15) is 5.82 Å². The van der Waals surface area contributed by atoms with E-state index in [2.05, 4.69) is 15.1 Å². The molecule has 0 atom stereocenters. The summed E-state index contributed by atoms with van der Waals surface area (Å²) in [5, 5.41) is 4.72. The summed E-state index contributed by atoms with van der Waals surface area (Å²) in [6.07, 6.45) is 3.18. The normalized spacial score (nSPS) is 11.1. The Kier molecular flexibility index (Phi) is 3.91. The Morgan fingerprint density at radius 3 is 2.37 bits per heavy atom. The Balaban J connectivity index is 1.98. The fraction of sp³-hybridized carbons (Fsp3) is 0.222. The molecule has 9 heteroatoms. The second-order valence-corrected chi connectivity index (χ2v) is 5.80. The van der Waals surface area contributed by atoms with Crippen LogP contribution in [0.15, 0.2) is 35.4 Å². The summed E-state index contributed by atoms with van der Waals surface area (Å²) in [4.78, 5) is 21.5. The molecule has 4 rings (SSSR count). The fourth-order valence-corrected chi connectivity index (χ4v) is 3.03. The molecule has 0 unspecified atom stereocenters. The van der Waals surface area contributed by atoms with Crippen LogP contribution in [0.1, 0.15) is 5.82 Å². The summed E-state index contributed by atoms with van der Waals surface area (Å²) in [5.41, 5.74) is 0.963. The minimum atomic E-state index is -0.246. The molecule has 0 saturated heterocycles. The molecule has 0 aliphatic heterocycles. The molecule has 138 valence electrons. The molecule has 0 amide bonds. The molecule has 0 aliphatic rings. The van der Waals surface area contributed by atoms with Crippen molar-refractivity contribution in [1.29, 1.82) is 0 Å².